The molecule has 2 atom stereocenters. The first-order valence-corrected chi connectivity index (χ1v) is 26.5. The van der Waals surface area contributed by atoms with Crippen LogP contribution in [0.25, 0.3) is 11.5 Å². The standard InChI is InChI=1S/2C22H44N2O5S.2Na/c2*1-2-3-4-5-6-7-8-9-10-11-12-13-14-15-16-17-18-24-22(26)20(19-21(23)25)30(27,28)29;;/h2*20H,2-19H2,1H3,(H4,23,24,25,26,27,28,29);;/q;;2*+1/p-2. The number of rotatable bonds is 42. The summed E-state index contributed by atoms with van der Waals surface area (Å²) in [5.41, 5.74) is 13.6. The molecule has 0 aromatic heterocycles. The summed E-state index contributed by atoms with van der Waals surface area (Å²) in [6, 6.07) is 0. The Hall–Kier alpha value is -0.300. The quantitative estimate of drug-likeness (QED) is 0.0354. The van der Waals surface area contributed by atoms with E-state index in [1.165, 1.54) is 154 Å². The molecule has 0 saturated carbocycles. The van der Waals surface area contributed by atoms with Gasteiger partial charge >= 0.3 is 59.1 Å². The van der Waals surface area contributed by atoms with Gasteiger partial charge in [-0.15, -0.1) is 0 Å². The van der Waals surface area contributed by atoms with E-state index in [9.17, 15) is 36.0 Å². The molecule has 0 bridgehead atoms. The number of hydrogen-bond acceptors (Lipinski definition) is 8. The zero-order chi connectivity index (χ0) is 45.3. The van der Waals surface area contributed by atoms with Crippen molar-refractivity contribution in [2.75, 3.05) is 13.1 Å². The van der Waals surface area contributed by atoms with Crippen molar-refractivity contribution in [1.82, 2.24) is 10.6 Å². The molecule has 62 heavy (non-hydrogen) atoms. The van der Waals surface area contributed by atoms with Gasteiger partial charge in [0.05, 0.1) is 11.8 Å². The van der Waals surface area contributed by atoms with Gasteiger partial charge in [-0.25, -0.2) is 0 Å². The molecule has 0 aromatic rings. The fourth-order valence-corrected chi connectivity index (χ4v) is 8.43. The summed E-state index contributed by atoms with van der Waals surface area (Å²) in [6.07, 6.45) is 38.3. The monoisotopic (exact) mass is 941 g/mol. The largest absolute Gasteiger partial charge is 1.00 e. The minimum Gasteiger partial charge on any atom is -0.668 e. The van der Waals surface area contributed by atoms with Crippen LogP contribution in [0.3, 0.4) is 0 Å². The molecule has 356 valence electrons. The maximum Gasteiger partial charge on any atom is 1.00 e. The van der Waals surface area contributed by atoms with Gasteiger partial charge in [-0.3, -0.25) is 18.7 Å². The second-order valence-electron chi connectivity index (χ2n) is 16.5. The van der Waals surface area contributed by atoms with Gasteiger partial charge in [-0.05, 0) is 12.8 Å². The molecule has 0 heterocycles. The van der Waals surface area contributed by atoms with Crippen molar-refractivity contribution in [3.05, 3.63) is 11.5 Å². The van der Waals surface area contributed by atoms with E-state index in [1.807, 2.05) is 0 Å². The van der Waals surface area contributed by atoms with E-state index in [2.05, 4.69) is 24.5 Å². The molecule has 18 heteroatoms. The van der Waals surface area contributed by atoms with E-state index in [-0.39, 0.29) is 59.1 Å². The number of hydrogen-bond donors (Lipinski definition) is 4. The van der Waals surface area contributed by atoms with Gasteiger partial charge in [-0.2, -0.15) is 16.8 Å². The molecule has 0 spiro atoms. The van der Waals surface area contributed by atoms with Crippen molar-refractivity contribution >= 4 is 43.9 Å². The van der Waals surface area contributed by atoms with Gasteiger partial charge in [0.25, 0.3) is 20.2 Å². The van der Waals surface area contributed by atoms with Crippen LogP contribution in [0.4, 0.5) is 0 Å². The Kier molecular flexibility index (Phi) is 52.0. The predicted molar refractivity (Wildman–Crippen MR) is 244 cm³/mol. The van der Waals surface area contributed by atoms with Gasteiger partial charge in [-0.1, -0.05) is 206 Å². The van der Waals surface area contributed by atoms with Crippen LogP contribution in [-0.4, -0.2) is 73.2 Å². The Morgan fingerprint density at radius 1 is 0.387 bits per heavy atom. The van der Waals surface area contributed by atoms with Crippen LogP contribution < -0.4 is 69.7 Å². The number of unbranched alkanes of at least 4 members (excludes halogenated alkanes) is 30. The number of nitrogens with one attached hydrogen (secondary N) is 4. The van der Waals surface area contributed by atoms with Gasteiger partial charge in [0.2, 0.25) is 11.8 Å². The summed E-state index contributed by atoms with van der Waals surface area (Å²) in [4.78, 5) is 45.1. The molecule has 4 amide bonds. The number of amides is 4. The molecule has 2 unspecified atom stereocenters. The van der Waals surface area contributed by atoms with E-state index in [0.717, 1.165) is 51.4 Å². The smallest absolute Gasteiger partial charge is 0.668 e. The van der Waals surface area contributed by atoms with Crippen molar-refractivity contribution in [3.8, 4) is 0 Å². The van der Waals surface area contributed by atoms with E-state index >= 15 is 0 Å². The minimum atomic E-state index is -4.69. The second-order valence-corrected chi connectivity index (χ2v) is 19.6. The molecule has 0 aliphatic heterocycles. The molecule has 0 radical (unpaired) electrons. The molecular formula is C44H86N4Na2O10S2. The van der Waals surface area contributed by atoms with Crippen LogP contribution >= 0.6 is 0 Å². The zero-order valence-electron chi connectivity index (χ0n) is 39.6. The average molecular weight is 941 g/mol. The summed E-state index contributed by atoms with van der Waals surface area (Å²) >= 11 is 0. The molecule has 0 rings (SSSR count). The van der Waals surface area contributed by atoms with Crippen molar-refractivity contribution in [3.63, 3.8) is 0 Å². The normalized spacial score (nSPS) is 12.2. The third-order valence-electron chi connectivity index (χ3n) is 10.7. The van der Waals surface area contributed by atoms with Gasteiger partial charge in [0, 0.05) is 25.9 Å². The van der Waals surface area contributed by atoms with E-state index in [4.69, 9.17) is 20.6 Å². The summed E-state index contributed by atoms with van der Waals surface area (Å²) in [5.74, 6) is -4.23. The minimum absolute atomic E-state index is 0. The zero-order valence-corrected chi connectivity index (χ0v) is 45.2. The second kappa shape index (κ2) is 47.2. The van der Waals surface area contributed by atoms with Gasteiger partial charge in [0.1, 0.15) is 0 Å². The van der Waals surface area contributed by atoms with Crippen molar-refractivity contribution in [1.29, 1.82) is 0 Å². The maximum atomic E-state index is 11.8. The Balaban J connectivity index is -0.000000526. The summed E-state index contributed by atoms with van der Waals surface area (Å²) in [6.45, 7) is 5.10. The van der Waals surface area contributed by atoms with E-state index in [1.54, 1.807) is 0 Å². The van der Waals surface area contributed by atoms with Crippen LogP contribution in [0.1, 0.15) is 232 Å². The van der Waals surface area contributed by atoms with E-state index < -0.39 is 67.2 Å². The molecule has 0 aliphatic rings. The fourth-order valence-electron chi connectivity index (χ4n) is 7.00. The molecule has 0 aliphatic carbocycles. The molecular weight excluding hydrogens is 855 g/mol. The first-order valence-electron chi connectivity index (χ1n) is 23.5. The Morgan fingerprint density at radius 3 is 0.726 bits per heavy atom. The van der Waals surface area contributed by atoms with Gasteiger partial charge < -0.3 is 31.7 Å². The Bertz CT molecular complexity index is 1210. The summed E-state index contributed by atoms with van der Waals surface area (Å²) in [7, 11) is -9.37. The topological polar surface area (TPSA) is 249 Å². The fraction of sp³-hybridized carbons (Fsp3) is 0.909. The van der Waals surface area contributed by atoms with Crippen LogP contribution in [0.15, 0.2) is 0 Å². The third kappa shape index (κ3) is 47.7. The Labute approximate surface area is 422 Å². The first kappa shape index (κ1) is 68.3. The van der Waals surface area contributed by atoms with Gasteiger partial charge in [0.15, 0.2) is 10.5 Å². The average Bonchev–Trinajstić information content (AvgIpc) is 3.17. The van der Waals surface area contributed by atoms with Crippen molar-refractivity contribution < 1.29 is 104 Å². The van der Waals surface area contributed by atoms with Crippen LogP contribution in [0.5, 0.6) is 0 Å². The third-order valence-corrected chi connectivity index (χ3v) is 12.9. The maximum absolute atomic E-state index is 11.8. The molecule has 0 aromatic carbocycles. The summed E-state index contributed by atoms with van der Waals surface area (Å²) in [5, 5.41) is 1.09. The SMILES string of the molecule is CCCCCCCCCCCCCCCCCCNC(=O)C(CC([NH-])=O)S(=O)(=O)O.CCCCCCCCCCCCCCCCCCNC(=O)C(CC([NH-])=O)S(=O)(=O)O.[Na+].[Na+]. The van der Waals surface area contributed by atoms with Crippen LogP contribution in [0, 0.1) is 0 Å². The van der Waals surface area contributed by atoms with Crippen LogP contribution in [0.2, 0.25) is 0 Å². The molecule has 0 fully saturated rings. The van der Waals surface area contributed by atoms with E-state index in [0.29, 0.717) is 13.1 Å². The molecule has 6 N–H and O–H groups in total. The number of carbonyl (C=O) groups is 4. The van der Waals surface area contributed by atoms with Crippen molar-refractivity contribution in [2.24, 2.45) is 0 Å². The molecule has 0 saturated heterocycles. The number of carbonyl (C=O) groups excluding carboxylic acids is 4. The molecule has 14 nitrogen and oxygen atoms in total. The van der Waals surface area contributed by atoms with Crippen LogP contribution in [-0.2, 0) is 39.4 Å². The predicted octanol–water partition coefficient (Wildman–Crippen LogP) is 5.19. The first-order chi connectivity index (χ1) is 28.6. The van der Waals surface area contributed by atoms with Crippen molar-refractivity contribution in [2.45, 2.75) is 243 Å². The Morgan fingerprint density at radius 2 is 0.565 bits per heavy atom. The summed E-state index contributed by atoms with van der Waals surface area (Å²) < 4.78 is 62.6.